The lowest BCUT2D eigenvalue weighted by atomic mass is 10.0. The highest BCUT2D eigenvalue weighted by Crippen LogP contribution is 2.39. The van der Waals surface area contributed by atoms with Gasteiger partial charge < -0.3 is 35.8 Å². The molecule has 0 aromatic heterocycles. The molecule has 6 N–H and O–H groups in total. The lowest BCUT2D eigenvalue weighted by molar-refractivity contribution is -0.383. The van der Waals surface area contributed by atoms with Crippen molar-refractivity contribution in [2.24, 2.45) is 5.73 Å². The number of nitrogen functional groups attached to an aromatic ring is 1. The van der Waals surface area contributed by atoms with E-state index >= 15 is 0 Å². The first-order valence-corrected chi connectivity index (χ1v) is 21.8. The first kappa shape index (κ1) is 54.8. The highest BCUT2D eigenvalue weighted by Gasteiger charge is 2.21. The molecular weight excluding hydrogens is 871 g/mol. The van der Waals surface area contributed by atoms with Crippen molar-refractivity contribution in [2.45, 2.75) is 44.5 Å². The van der Waals surface area contributed by atoms with Crippen LogP contribution in [0.15, 0.2) is 86.0 Å². The van der Waals surface area contributed by atoms with Crippen molar-refractivity contribution in [2.75, 3.05) is 55.8 Å². The number of nitrogens with zero attached hydrogens (tertiary/aromatic N) is 3. The molecule has 59 heavy (non-hydrogen) atoms. The lowest BCUT2D eigenvalue weighted by Gasteiger charge is -2.25. The molecule has 3 aromatic rings. The summed E-state index contributed by atoms with van der Waals surface area (Å²) in [4.78, 5) is 54.2. The van der Waals surface area contributed by atoms with Crippen LogP contribution in [0, 0.1) is 17.0 Å². The first-order valence-electron chi connectivity index (χ1n) is 17.7. The van der Waals surface area contributed by atoms with Crippen molar-refractivity contribution in [1.82, 2.24) is 4.90 Å². The summed E-state index contributed by atoms with van der Waals surface area (Å²) < 4.78 is 21.5. The fourth-order valence-corrected chi connectivity index (χ4v) is 5.91. The topological polar surface area (TPSA) is 229 Å². The van der Waals surface area contributed by atoms with Crippen LogP contribution in [0.1, 0.15) is 31.4 Å². The molecule has 20 heteroatoms. The third kappa shape index (κ3) is 21.1. The van der Waals surface area contributed by atoms with E-state index in [-0.39, 0.29) is 59.2 Å². The lowest BCUT2D eigenvalue weighted by Crippen LogP contribution is -2.35. The number of nitro benzene ring substituents is 1. The quantitative estimate of drug-likeness (QED) is 0.0179. The zero-order valence-corrected chi connectivity index (χ0v) is 37.2. The minimum atomic E-state index is -3.10. The molecule has 0 saturated heterocycles. The number of carboxylic acids is 1. The maximum absolute atomic E-state index is 12.0. The van der Waals surface area contributed by atoms with E-state index in [1.54, 1.807) is 41.3 Å². The van der Waals surface area contributed by atoms with E-state index in [4.69, 9.17) is 77.3 Å². The van der Waals surface area contributed by atoms with Gasteiger partial charge in [-0.2, -0.15) is 0 Å². The molecule has 0 spiro atoms. The smallest absolute Gasteiger partial charge is 0.320 e. The number of halogens is 4. The monoisotopic (exact) mass is 921 g/mol. The van der Waals surface area contributed by atoms with E-state index in [0.717, 1.165) is 23.2 Å². The van der Waals surface area contributed by atoms with E-state index in [1.807, 2.05) is 38.1 Å². The number of carboxylic acid groups (broad SMARTS) is 1. The van der Waals surface area contributed by atoms with Gasteiger partial charge in [0.25, 0.3) is 11.6 Å². The molecule has 2 atom stereocenters. The van der Waals surface area contributed by atoms with Crippen LogP contribution in [0.5, 0.6) is 11.5 Å². The summed E-state index contributed by atoms with van der Waals surface area (Å²) in [5.41, 5.74) is 13.5. The summed E-state index contributed by atoms with van der Waals surface area (Å²) in [6, 6.07) is 16.6. The van der Waals surface area contributed by atoms with Gasteiger partial charge in [-0.3, -0.25) is 34.0 Å². The number of benzene rings is 3. The average molecular weight is 924 g/mol. The van der Waals surface area contributed by atoms with Crippen LogP contribution in [-0.2, 0) is 30.1 Å². The summed E-state index contributed by atoms with van der Waals surface area (Å²) in [7, 11) is -3.10. The Labute approximate surface area is 365 Å². The Balaban J connectivity index is 0.000000780. The molecule has 0 heterocycles. The zero-order chi connectivity index (χ0) is 45.3. The normalized spacial score (nSPS) is 11.7. The second-order valence-electron chi connectivity index (χ2n) is 12.1. The molecule has 15 nitrogen and oxygen atoms in total. The van der Waals surface area contributed by atoms with Gasteiger partial charge in [0.2, 0.25) is 5.91 Å². The largest absolute Gasteiger partial charge is 0.480 e. The molecule has 2 amide bonds. The van der Waals surface area contributed by atoms with Crippen molar-refractivity contribution in [3.63, 3.8) is 0 Å². The number of aliphatic carboxylic acids is 1. The summed E-state index contributed by atoms with van der Waals surface area (Å²) in [5.74, 6) is -0.769. The number of ether oxygens (including phenoxy) is 2. The Morgan fingerprint density at radius 1 is 1.03 bits per heavy atom. The zero-order valence-electron chi connectivity index (χ0n) is 33.3. The summed E-state index contributed by atoms with van der Waals surface area (Å²) in [5, 5.41) is 19.0. The van der Waals surface area contributed by atoms with Gasteiger partial charge in [-0.15, -0.1) is 24.8 Å². The Bertz CT molecular complexity index is 1860. The summed E-state index contributed by atoms with van der Waals surface area (Å²) >= 11 is 22.4. The van der Waals surface area contributed by atoms with Crippen molar-refractivity contribution in [3.8, 4) is 11.5 Å². The van der Waals surface area contributed by atoms with E-state index in [2.05, 4.69) is 20.1 Å². The van der Waals surface area contributed by atoms with E-state index < -0.39 is 29.1 Å². The fraction of sp³-hybridized carbons (Fsp3) is 0.359. The van der Waals surface area contributed by atoms with Crippen molar-refractivity contribution >= 4 is 88.6 Å². The number of nitrogens with two attached hydrogens (primary N) is 2. The van der Waals surface area contributed by atoms with Crippen LogP contribution < -0.4 is 21.1 Å². The number of carbonyl (C=O) groups is 3. The maximum atomic E-state index is 12.0. The van der Waals surface area contributed by atoms with Crippen molar-refractivity contribution in [1.29, 1.82) is 0 Å². The Hall–Kier alpha value is -4.18. The molecule has 0 aliphatic heterocycles. The van der Waals surface area contributed by atoms with E-state index in [9.17, 15) is 29.1 Å². The van der Waals surface area contributed by atoms with Crippen molar-refractivity contribution < 1.29 is 43.3 Å². The van der Waals surface area contributed by atoms with Gasteiger partial charge in [0.05, 0.1) is 10.6 Å². The minimum Gasteiger partial charge on any atom is -0.480 e. The number of alkyl halides is 3. The molecule has 0 radical (unpaired) electrons. The van der Waals surface area contributed by atoms with Gasteiger partial charge in [-0.1, -0.05) is 90.3 Å². The van der Waals surface area contributed by atoms with Gasteiger partial charge in [-0.05, 0) is 56.0 Å². The van der Waals surface area contributed by atoms with Crippen LogP contribution in [-0.4, -0.2) is 93.6 Å². The molecule has 0 fully saturated rings. The third-order valence-electron chi connectivity index (χ3n) is 7.47. The molecule has 326 valence electrons. The predicted octanol–water partition coefficient (Wildman–Crippen LogP) is 8.43. The molecule has 3 rings (SSSR count). The van der Waals surface area contributed by atoms with Gasteiger partial charge >= 0.3 is 5.97 Å². The number of carbonyl (C=O) groups excluding carboxylic acids is 2. The third-order valence-corrected chi connectivity index (χ3v) is 9.55. The number of aryl methyl sites for hydroxylation is 2. The summed E-state index contributed by atoms with van der Waals surface area (Å²) in [6.07, 6.45) is 4.09. The maximum Gasteiger partial charge on any atom is 0.320 e. The first-order chi connectivity index (χ1) is 27.7. The standard InChI is InChI=1S/C14H20ClNO2.C12H9ClN2O3.C8H11Cl2NO.C5H12NO4P/c1-4-12-8-6-7-11(3)14(12)16(10-18-5-2)13(17)9-15;13-11-10(18-8-4-2-1-3-5-8)7-6-9(12(11)14)15(16)17;1-3-5-11(6-4-2)8(12)7(9)10;1-11(9,10)3-2-4(6)5(7)8/h6-8H,4-5,9-10H2,1-3H3;1-7H,14H2;3-4,7H,1-2,5-6H2;4H,2-3,6H2,1H3,(H,7,8)(H,9,10). The Kier molecular flexibility index (Phi) is 27.0. The Morgan fingerprint density at radius 2 is 1.63 bits per heavy atom. The number of rotatable bonds is 18. The number of amides is 2. The number of hydrogen-bond donors (Lipinski definition) is 4. The SMILES string of the molecule is C=CCN(CC=C)C(=O)C(Cl)Cl.CCOCN(C(=O)CCl)c1c(C)cccc1CC.CP(=O)(O)CCC(N)C(=O)O.Nc1c([N+](=O)[O-])ccc(Oc2ccccc2)c1Cl. The van der Waals surface area contributed by atoms with Gasteiger partial charge in [0, 0.05) is 38.6 Å². The van der Waals surface area contributed by atoms with Gasteiger partial charge in [-0.25, -0.2) is 0 Å². The number of hydrogen-bond acceptors (Lipinski definition) is 10. The molecule has 3 aromatic carbocycles. The van der Waals surface area contributed by atoms with Crippen LogP contribution in [0.4, 0.5) is 17.1 Å². The van der Waals surface area contributed by atoms with Crippen molar-refractivity contribution in [3.05, 3.63) is 112 Å². The molecule has 0 saturated carbocycles. The molecular formula is C39H52Cl4N5O10P. The molecule has 0 bridgehead atoms. The Morgan fingerprint density at radius 3 is 2.08 bits per heavy atom. The highest BCUT2D eigenvalue weighted by atomic mass is 35.5. The van der Waals surface area contributed by atoms with Crippen LogP contribution in [0.3, 0.4) is 0 Å². The highest BCUT2D eigenvalue weighted by molar-refractivity contribution is 7.57. The minimum absolute atomic E-state index is 0.0352. The fourth-order valence-electron chi connectivity index (χ4n) is 4.53. The average Bonchev–Trinajstić information content (AvgIpc) is 3.19. The van der Waals surface area contributed by atoms with E-state index in [0.29, 0.717) is 25.4 Å². The van der Waals surface area contributed by atoms with Crippen LogP contribution >= 0.6 is 53.8 Å². The number of para-hydroxylation sites is 2. The number of nitro groups is 1. The second-order valence-corrected chi connectivity index (χ2v) is 16.4. The van der Waals surface area contributed by atoms with E-state index in [1.165, 1.54) is 23.7 Å². The van der Waals surface area contributed by atoms with Crippen LogP contribution in [0.2, 0.25) is 5.02 Å². The number of anilines is 2. The predicted molar refractivity (Wildman–Crippen MR) is 238 cm³/mol. The van der Waals surface area contributed by atoms with Gasteiger partial charge in [0.15, 0.2) is 12.2 Å². The van der Waals surface area contributed by atoms with Crippen LogP contribution in [0.25, 0.3) is 0 Å². The summed E-state index contributed by atoms with van der Waals surface area (Å²) in [6.45, 7) is 15.9. The molecule has 0 aliphatic carbocycles. The second kappa shape index (κ2) is 29.1. The molecule has 0 aliphatic rings. The molecule has 2 unspecified atom stereocenters. The van der Waals surface area contributed by atoms with Gasteiger partial charge in [0.1, 0.15) is 40.9 Å².